The number of carboxylic acid groups (broad SMARTS) is 1. The first-order valence-electron chi connectivity index (χ1n) is 6.07. The third-order valence-corrected chi connectivity index (χ3v) is 4.15. The Morgan fingerprint density at radius 2 is 1.67 bits per heavy atom. The van der Waals surface area contributed by atoms with E-state index in [2.05, 4.69) is 5.32 Å². The van der Waals surface area contributed by atoms with Gasteiger partial charge in [-0.1, -0.05) is 36.4 Å². The maximum Gasteiger partial charge on any atom is 0.318 e. The van der Waals surface area contributed by atoms with Gasteiger partial charge in [0.15, 0.2) is 9.84 Å². The largest absolute Gasteiger partial charge is 0.480 e. The van der Waals surface area contributed by atoms with Gasteiger partial charge < -0.3 is 10.4 Å². The Bertz CT molecular complexity index is 793. The van der Waals surface area contributed by atoms with Gasteiger partial charge in [-0.2, -0.15) is 0 Å². The van der Waals surface area contributed by atoms with Crippen molar-refractivity contribution < 1.29 is 23.1 Å². The molecule has 0 aliphatic carbocycles. The Morgan fingerprint density at radius 3 is 2.38 bits per heavy atom. The Kier molecular flexibility index (Phi) is 4.23. The number of rotatable bonds is 5. The fraction of sp³-hybridized carbons (Fsp3) is 0.143. The summed E-state index contributed by atoms with van der Waals surface area (Å²) in [6, 6.07) is 12.6. The first-order chi connectivity index (χ1) is 9.87. The Hall–Kier alpha value is -2.41. The lowest BCUT2D eigenvalue weighted by molar-refractivity contribution is -0.134. The molecule has 7 heteroatoms. The van der Waals surface area contributed by atoms with Crippen LogP contribution >= 0.6 is 0 Å². The number of fused-ring (bicyclic) bond motifs is 1. The van der Waals surface area contributed by atoms with Gasteiger partial charge in [0.2, 0.25) is 5.91 Å². The molecule has 2 N–H and O–H groups in total. The third kappa shape index (κ3) is 4.03. The molecule has 0 bridgehead atoms. The van der Waals surface area contributed by atoms with Crippen molar-refractivity contribution in [3.8, 4) is 0 Å². The highest BCUT2D eigenvalue weighted by atomic mass is 32.2. The number of nitrogens with one attached hydrogen (secondary N) is 1. The van der Waals surface area contributed by atoms with Gasteiger partial charge in [0.05, 0.1) is 0 Å². The second-order valence-electron chi connectivity index (χ2n) is 4.50. The number of amides is 1. The van der Waals surface area contributed by atoms with Crippen LogP contribution in [-0.2, 0) is 19.4 Å². The average Bonchev–Trinajstić information content (AvgIpc) is 2.36. The number of carboxylic acids is 1. The minimum Gasteiger partial charge on any atom is -0.480 e. The first kappa shape index (κ1) is 15.0. The maximum atomic E-state index is 11.8. The summed E-state index contributed by atoms with van der Waals surface area (Å²) >= 11 is 0. The van der Waals surface area contributed by atoms with Crippen molar-refractivity contribution in [3.05, 3.63) is 42.5 Å². The highest BCUT2D eigenvalue weighted by Gasteiger charge is 2.20. The van der Waals surface area contributed by atoms with Crippen LogP contribution in [-0.4, -0.2) is 36.9 Å². The molecule has 110 valence electrons. The molecule has 21 heavy (non-hydrogen) atoms. The summed E-state index contributed by atoms with van der Waals surface area (Å²) < 4.78 is 22.9. The third-order valence-electron chi connectivity index (χ3n) is 2.76. The van der Waals surface area contributed by atoms with Gasteiger partial charge in [-0.25, -0.2) is 8.42 Å². The van der Waals surface area contributed by atoms with Gasteiger partial charge in [-0.15, -0.1) is 0 Å². The summed E-state index contributed by atoms with van der Waals surface area (Å²) in [4.78, 5) is 22.2. The van der Waals surface area contributed by atoms with E-state index in [-0.39, 0.29) is 0 Å². The van der Waals surface area contributed by atoms with E-state index >= 15 is 0 Å². The fourth-order valence-electron chi connectivity index (χ4n) is 1.96. The molecule has 2 aromatic rings. The average molecular weight is 307 g/mol. The Morgan fingerprint density at radius 1 is 1.00 bits per heavy atom. The normalized spacial score (nSPS) is 11.2. The topological polar surface area (TPSA) is 101 Å². The molecular weight excluding hydrogens is 294 g/mol. The van der Waals surface area contributed by atoms with E-state index in [4.69, 9.17) is 5.11 Å². The van der Waals surface area contributed by atoms with Crippen molar-refractivity contribution in [2.75, 3.05) is 16.8 Å². The lowest BCUT2D eigenvalue weighted by atomic mass is 10.1. The van der Waals surface area contributed by atoms with Crippen LogP contribution in [0.4, 0.5) is 5.69 Å². The summed E-state index contributed by atoms with van der Waals surface area (Å²) in [6.45, 7) is 0. The molecule has 0 atom stereocenters. The van der Waals surface area contributed by atoms with Gasteiger partial charge in [0.1, 0.15) is 11.5 Å². The molecule has 0 fully saturated rings. The molecule has 0 spiro atoms. The van der Waals surface area contributed by atoms with Crippen molar-refractivity contribution in [3.63, 3.8) is 0 Å². The van der Waals surface area contributed by atoms with Crippen LogP contribution in [0.25, 0.3) is 10.8 Å². The van der Waals surface area contributed by atoms with Crippen LogP contribution in [0.15, 0.2) is 42.5 Å². The molecular formula is C14H13NO5S. The minimum atomic E-state index is -3.97. The zero-order valence-electron chi connectivity index (χ0n) is 10.9. The minimum absolute atomic E-state index is 0.489. The Balaban J connectivity index is 2.17. The van der Waals surface area contributed by atoms with E-state index < -0.39 is 33.2 Å². The summed E-state index contributed by atoms with van der Waals surface area (Å²) in [5.74, 6) is -4.15. The number of carbonyl (C=O) groups is 2. The monoisotopic (exact) mass is 307 g/mol. The maximum absolute atomic E-state index is 11.8. The summed E-state index contributed by atoms with van der Waals surface area (Å²) in [5.41, 5.74) is 0.489. The molecule has 0 aromatic heterocycles. The van der Waals surface area contributed by atoms with E-state index in [1.807, 2.05) is 18.2 Å². The standard InChI is InChI=1S/C14H13NO5S/c16-13(8-21(19,20)9-14(17)18)15-12-7-3-5-10-4-1-2-6-11(10)12/h1-7H,8-9H2,(H,15,16)(H,17,18). The molecule has 1 amide bonds. The molecule has 0 radical (unpaired) electrons. The van der Waals surface area contributed by atoms with Gasteiger partial charge in [0.25, 0.3) is 0 Å². The molecule has 6 nitrogen and oxygen atoms in total. The Labute approximate surface area is 121 Å². The molecule has 0 aliphatic heterocycles. The number of sulfone groups is 1. The highest BCUT2D eigenvalue weighted by molar-refractivity contribution is 7.92. The SMILES string of the molecule is O=C(O)CS(=O)(=O)CC(=O)Nc1cccc2ccccc12. The highest BCUT2D eigenvalue weighted by Crippen LogP contribution is 2.22. The molecule has 0 heterocycles. The quantitative estimate of drug-likeness (QED) is 0.866. The lowest BCUT2D eigenvalue weighted by Gasteiger charge is -2.08. The molecule has 2 aromatic carbocycles. The zero-order chi connectivity index (χ0) is 15.5. The lowest BCUT2D eigenvalue weighted by Crippen LogP contribution is -2.27. The van der Waals surface area contributed by atoms with E-state index in [1.165, 1.54) is 0 Å². The fourth-order valence-corrected chi connectivity index (χ4v) is 2.91. The van der Waals surface area contributed by atoms with Crippen LogP contribution in [0, 0.1) is 0 Å². The van der Waals surface area contributed by atoms with Crippen molar-refractivity contribution in [2.24, 2.45) is 0 Å². The number of anilines is 1. The van der Waals surface area contributed by atoms with Crippen molar-refractivity contribution in [2.45, 2.75) is 0 Å². The zero-order valence-corrected chi connectivity index (χ0v) is 11.8. The summed E-state index contributed by atoms with van der Waals surface area (Å²) in [5, 5.41) is 12.7. The summed E-state index contributed by atoms with van der Waals surface area (Å²) in [6.07, 6.45) is 0. The second-order valence-corrected chi connectivity index (χ2v) is 6.57. The predicted molar refractivity (Wildman–Crippen MR) is 78.9 cm³/mol. The van der Waals surface area contributed by atoms with E-state index in [0.29, 0.717) is 5.69 Å². The van der Waals surface area contributed by atoms with Gasteiger partial charge in [-0.3, -0.25) is 9.59 Å². The molecule has 2 rings (SSSR count). The van der Waals surface area contributed by atoms with Crippen LogP contribution < -0.4 is 5.32 Å². The molecule has 0 unspecified atom stereocenters. The van der Waals surface area contributed by atoms with Crippen LogP contribution in [0.3, 0.4) is 0 Å². The van der Waals surface area contributed by atoms with E-state index in [1.54, 1.807) is 24.3 Å². The molecule has 0 saturated heterocycles. The van der Waals surface area contributed by atoms with Crippen molar-refractivity contribution in [1.82, 2.24) is 0 Å². The molecule has 0 aliphatic rings. The van der Waals surface area contributed by atoms with Crippen molar-refractivity contribution >= 4 is 38.2 Å². The summed E-state index contributed by atoms with van der Waals surface area (Å²) in [7, 11) is -3.97. The van der Waals surface area contributed by atoms with Gasteiger partial charge in [-0.05, 0) is 11.5 Å². The van der Waals surface area contributed by atoms with Crippen LogP contribution in [0.2, 0.25) is 0 Å². The first-order valence-corrected chi connectivity index (χ1v) is 7.89. The number of benzene rings is 2. The van der Waals surface area contributed by atoms with E-state index in [9.17, 15) is 18.0 Å². The predicted octanol–water partition coefficient (Wildman–Crippen LogP) is 1.28. The van der Waals surface area contributed by atoms with Gasteiger partial charge >= 0.3 is 5.97 Å². The van der Waals surface area contributed by atoms with Crippen molar-refractivity contribution in [1.29, 1.82) is 0 Å². The number of hydrogen-bond acceptors (Lipinski definition) is 4. The number of aliphatic carboxylic acids is 1. The van der Waals surface area contributed by atoms with Crippen LogP contribution in [0.1, 0.15) is 0 Å². The van der Waals surface area contributed by atoms with Crippen LogP contribution in [0.5, 0.6) is 0 Å². The van der Waals surface area contributed by atoms with E-state index in [0.717, 1.165) is 10.8 Å². The second kappa shape index (κ2) is 5.92. The molecule has 0 saturated carbocycles. The van der Waals surface area contributed by atoms with Gasteiger partial charge in [0, 0.05) is 11.1 Å². The number of carbonyl (C=O) groups excluding carboxylic acids is 1. The smallest absolute Gasteiger partial charge is 0.318 e. The number of hydrogen-bond donors (Lipinski definition) is 2.